The topological polar surface area (TPSA) is 47.1 Å². The molecule has 4 nitrogen and oxygen atoms in total. The molecule has 0 amide bonds. The minimum atomic E-state index is 0.841. The fourth-order valence-electron chi connectivity index (χ4n) is 2.66. The van der Waals surface area contributed by atoms with E-state index in [0.717, 1.165) is 25.6 Å². The molecule has 0 aromatic carbocycles. The Bertz CT molecular complexity index is 326. The Balaban J connectivity index is 1.82. The average molecular weight is 236 g/mol. The molecule has 4 heteroatoms. The van der Waals surface area contributed by atoms with Crippen LogP contribution in [-0.2, 0) is 13.1 Å². The van der Waals surface area contributed by atoms with Crippen LogP contribution in [0.4, 0.5) is 0 Å². The predicted octanol–water partition coefficient (Wildman–Crippen LogP) is 1.46. The van der Waals surface area contributed by atoms with Crippen LogP contribution in [0, 0.1) is 5.92 Å². The van der Waals surface area contributed by atoms with Crippen molar-refractivity contribution in [3.63, 3.8) is 0 Å². The van der Waals surface area contributed by atoms with Crippen LogP contribution in [0.15, 0.2) is 12.5 Å². The number of rotatable bonds is 5. The van der Waals surface area contributed by atoms with Crippen LogP contribution in [0.2, 0.25) is 0 Å². The van der Waals surface area contributed by atoms with E-state index in [0.29, 0.717) is 0 Å². The summed E-state index contributed by atoms with van der Waals surface area (Å²) in [6, 6.07) is 0. The molecule has 2 rings (SSSR count). The molecule has 1 saturated heterocycles. The van der Waals surface area contributed by atoms with Crippen molar-refractivity contribution in [1.29, 1.82) is 0 Å². The van der Waals surface area contributed by atoms with Crippen molar-refractivity contribution in [2.45, 2.75) is 39.3 Å². The monoisotopic (exact) mass is 236 g/mol. The molecule has 0 aliphatic carbocycles. The molecule has 0 radical (unpaired) electrons. The molecule has 0 bridgehead atoms. The van der Waals surface area contributed by atoms with E-state index in [-0.39, 0.29) is 0 Å². The molecular weight excluding hydrogens is 212 g/mol. The fourth-order valence-corrected chi connectivity index (χ4v) is 2.66. The van der Waals surface area contributed by atoms with Crippen molar-refractivity contribution in [3.8, 4) is 0 Å². The van der Waals surface area contributed by atoms with Crippen molar-refractivity contribution in [3.05, 3.63) is 18.2 Å². The van der Waals surface area contributed by atoms with E-state index < -0.39 is 0 Å². The van der Waals surface area contributed by atoms with Crippen molar-refractivity contribution in [2.75, 3.05) is 19.6 Å². The van der Waals surface area contributed by atoms with Gasteiger partial charge in [-0.25, -0.2) is 4.98 Å². The first-order chi connectivity index (χ1) is 8.33. The summed E-state index contributed by atoms with van der Waals surface area (Å²) in [6.07, 6.45) is 7.72. The van der Waals surface area contributed by atoms with Crippen LogP contribution in [0.1, 0.15) is 31.9 Å². The van der Waals surface area contributed by atoms with E-state index in [1.807, 2.05) is 12.5 Å². The number of likely N-dealkylation sites (tertiary alicyclic amines) is 1. The number of aromatic nitrogens is 2. The summed E-state index contributed by atoms with van der Waals surface area (Å²) in [6.45, 7) is 7.48. The first kappa shape index (κ1) is 12.6. The van der Waals surface area contributed by atoms with Gasteiger partial charge in [0, 0.05) is 19.3 Å². The van der Waals surface area contributed by atoms with Crippen molar-refractivity contribution < 1.29 is 0 Å². The summed E-state index contributed by atoms with van der Waals surface area (Å²) in [7, 11) is 0. The van der Waals surface area contributed by atoms with Crippen LogP contribution < -0.4 is 5.73 Å². The van der Waals surface area contributed by atoms with Gasteiger partial charge >= 0.3 is 0 Å². The smallest absolute Gasteiger partial charge is 0.0948 e. The lowest BCUT2D eigenvalue weighted by Gasteiger charge is -2.31. The van der Waals surface area contributed by atoms with Crippen molar-refractivity contribution >= 4 is 0 Å². The second-order valence-corrected chi connectivity index (χ2v) is 4.97. The lowest BCUT2D eigenvalue weighted by molar-refractivity contribution is 0.170. The molecule has 1 aliphatic rings. The number of aryl methyl sites for hydroxylation is 1. The maximum atomic E-state index is 5.62. The van der Waals surface area contributed by atoms with E-state index in [9.17, 15) is 0 Å². The van der Waals surface area contributed by atoms with Crippen molar-refractivity contribution in [1.82, 2.24) is 14.5 Å². The normalized spacial score (nSPS) is 18.7. The van der Waals surface area contributed by atoms with Gasteiger partial charge in [-0.1, -0.05) is 0 Å². The quantitative estimate of drug-likeness (QED) is 0.842. The molecule has 1 aromatic heterocycles. The Morgan fingerprint density at radius 1 is 1.41 bits per heavy atom. The number of nitrogens with zero attached hydrogens (tertiary/aromatic N) is 3. The molecule has 1 aliphatic heterocycles. The van der Waals surface area contributed by atoms with Gasteiger partial charge in [0.2, 0.25) is 0 Å². The second-order valence-electron chi connectivity index (χ2n) is 4.97. The predicted molar refractivity (Wildman–Crippen MR) is 69.6 cm³/mol. The summed E-state index contributed by atoms with van der Waals surface area (Å²) in [4.78, 5) is 6.76. The fraction of sp³-hybridized carbons (Fsp3) is 0.769. The zero-order valence-electron chi connectivity index (χ0n) is 10.8. The Hall–Kier alpha value is -0.870. The number of imidazole rings is 1. The van der Waals surface area contributed by atoms with Gasteiger partial charge in [-0.3, -0.25) is 4.90 Å². The maximum Gasteiger partial charge on any atom is 0.0948 e. The highest BCUT2D eigenvalue weighted by atomic mass is 15.2. The molecular formula is C13H24N4. The molecule has 0 saturated carbocycles. The maximum absolute atomic E-state index is 5.62. The largest absolute Gasteiger partial charge is 0.334 e. The van der Waals surface area contributed by atoms with E-state index in [4.69, 9.17) is 5.73 Å². The Labute approximate surface area is 104 Å². The Morgan fingerprint density at radius 3 is 2.82 bits per heavy atom. The van der Waals surface area contributed by atoms with Crippen LogP contribution in [0.25, 0.3) is 0 Å². The first-order valence-corrected chi connectivity index (χ1v) is 6.75. The van der Waals surface area contributed by atoms with E-state index in [2.05, 4.69) is 21.4 Å². The van der Waals surface area contributed by atoms with Gasteiger partial charge in [0.25, 0.3) is 0 Å². The molecule has 2 heterocycles. The Kier molecular flexibility index (Phi) is 4.57. The summed E-state index contributed by atoms with van der Waals surface area (Å²) in [5.41, 5.74) is 6.95. The lowest BCUT2D eigenvalue weighted by Crippen LogP contribution is -2.34. The molecule has 1 fully saturated rings. The molecule has 2 N–H and O–H groups in total. The van der Waals surface area contributed by atoms with Gasteiger partial charge in [-0.15, -0.1) is 0 Å². The third-order valence-electron chi connectivity index (χ3n) is 3.81. The third kappa shape index (κ3) is 3.30. The van der Waals surface area contributed by atoms with E-state index in [1.54, 1.807) is 0 Å². The third-order valence-corrected chi connectivity index (χ3v) is 3.81. The van der Waals surface area contributed by atoms with Crippen LogP contribution in [0.3, 0.4) is 0 Å². The van der Waals surface area contributed by atoms with Gasteiger partial charge in [-0.05, 0) is 51.7 Å². The minimum Gasteiger partial charge on any atom is -0.334 e. The second kappa shape index (κ2) is 6.17. The van der Waals surface area contributed by atoms with Gasteiger partial charge in [0.1, 0.15) is 0 Å². The van der Waals surface area contributed by atoms with Crippen LogP contribution in [0.5, 0.6) is 0 Å². The standard InChI is InChI=1S/C13H24N4/c1-2-17-11-15-9-13(17)10-16-7-4-12(3-6-14)5-8-16/h9,11-12H,2-8,10,14H2,1H3. The van der Waals surface area contributed by atoms with Gasteiger partial charge < -0.3 is 10.3 Å². The molecule has 0 atom stereocenters. The summed E-state index contributed by atoms with van der Waals surface area (Å²) >= 11 is 0. The average Bonchev–Trinajstić information content (AvgIpc) is 2.79. The zero-order chi connectivity index (χ0) is 12.1. The molecule has 1 aromatic rings. The Morgan fingerprint density at radius 2 is 2.18 bits per heavy atom. The summed E-state index contributed by atoms with van der Waals surface area (Å²) < 4.78 is 2.23. The van der Waals surface area contributed by atoms with Crippen LogP contribution >= 0.6 is 0 Å². The number of hydrogen-bond acceptors (Lipinski definition) is 3. The molecule has 17 heavy (non-hydrogen) atoms. The number of piperidine rings is 1. The van der Waals surface area contributed by atoms with E-state index in [1.165, 1.54) is 38.0 Å². The molecule has 0 unspecified atom stereocenters. The SMILES string of the molecule is CCn1cncc1CN1CCC(CCN)CC1. The zero-order valence-corrected chi connectivity index (χ0v) is 10.8. The van der Waals surface area contributed by atoms with Crippen LogP contribution in [-0.4, -0.2) is 34.1 Å². The van der Waals surface area contributed by atoms with E-state index >= 15 is 0 Å². The summed E-state index contributed by atoms with van der Waals surface area (Å²) in [5, 5.41) is 0. The van der Waals surface area contributed by atoms with Gasteiger partial charge in [0.15, 0.2) is 0 Å². The summed E-state index contributed by atoms with van der Waals surface area (Å²) in [5.74, 6) is 0.854. The molecule has 96 valence electrons. The highest BCUT2D eigenvalue weighted by Gasteiger charge is 2.19. The molecule has 0 spiro atoms. The number of nitrogens with two attached hydrogens (primary N) is 1. The highest BCUT2D eigenvalue weighted by Crippen LogP contribution is 2.21. The highest BCUT2D eigenvalue weighted by molar-refractivity contribution is 4.98. The first-order valence-electron chi connectivity index (χ1n) is 6.75. The van der Waals surface area contributed by atoms with Gasteiger partial charge in [-0.2, -0.15) is 0 Å². The minimum absolute atomic E-state index is 0.841. The van der Waals surface area contributed by atoms with Crippen molar-refractivity contribution in [2.24, 2.45) is 11.7 Å². The van der Waals surface area contributed by atoms with Gasteiger partial charge in [0.05, 0.1) is 12.0 Å². The number of hydrogen-bond donors (Lipinski definition) is 1. The lowest BCUT2D eigenvalue weighted by atomic mass is 9.93.